The molecule has 1 aromatic carbocycles. The number of benzene rings is 1. The molecule has 0 aliphatic heterocycles. The summed E-state index contributed by atoms with van der Waals surface area (Å²) in [5.74, 6) is -1.60. The summed E-state index contributed by atoms with van der Waals surface area (Å²) < 4.78 is 0. The van der Waals surface area contributed by atoms with E-state index in [1.807, 2.05) is 31.2 Å². The van der Waals surface area contributed by atoms with Crippen LogP contribution in [-0.2, 0) is 6.42 Å². The van der Waals surface area contributed by atoms with Crippen molar-refractivity contribution in [2.75, 3.05) is 0 Å². The molecule has 12 heavy (non-hydrogen) atoms. The lowest BCUT2D eigenvalue weighted by Crippen LogP contribution is -2.51. The average Bonchev–Trinajstić information content (AvgIpc) is 1.91. The highest BCUT2D eigenvalue weighted by Crippen LogP contribution is 2.06. The van der Waals surface area contributed by atoms with Crippen molar-refractivity contribution in [3.63, 3.8) is 0 Å². The SMILES string of the molecule is Cc1ccc(CC(N)(N)O)cc1. The first-order valence-corrected chi connectivity index (χ1v) is 3.83. The molecule has 0 heterocycles. The van der Waals surface area contributed by atoms with Crippen LogP contribution in [0.25, 0.3) is 0 Å². The molecule has 0 fully saturated rings. The van der Waals surface area contributed by atoms with Crippen LogP contribution in [0.1, 0.15) is 11.1 Å². The van der Waals surface area contributed by atoms with Gasteiger partial charge in [-0.05, 0) is 12.5 Å². The number of aryl methyl sites for hydroxylation is 1. The van der Waals surface area contributed by atoms with Crippen molar-refractivity contribution in [2.45, 2.75) is 19.2 Å². The molecule has 0 bridgehead atoms. The summed E-state index contributed by atoms with van der Waals surface area (Å²) in [6.07, 6.45) is 0.271. The molecule has 0 saturated carbocycles. The van der Waals surface area contributed by atoms with Crippen LogP contribution in [0.15, 0.2) is 24.3 Å². The summed E-state index contributed by atoms with van der Waals surface area (Å²) >= 11 is 0. The maximum atomic E-state index is 9.10. The molecule has 0 aliphatic rings. The van der Waals surface area contributed by atoms with Gasteiger partial charge in [0.2, 0.25) is 0 Å². The molecule has 1 rings (SSSR count). The van der Waals surface area contributed by atoms with Crippen molar-refractivity contribution < 1.29 is 5.11 Å². The molecular formula is C9H14N2O. The summed E-state index contributed by atoms with van der Waals surface area (Å²) in [7, 11) is 0. The first-order valence-electron chi connectivity index (χ1n) is 3.83. The Morgan fingerprint density at radius 3 is 2.17 bits per heavy atom. The standard InChI is InChI=1S/C9H14N2O/c1-7-2-4-8(5-3-7)6-9(10,11)12/h2-5,12H,6,10-11H2,1H3. The van der Waals surface area contributed by atoms with E-state index < -0.39 is 5.85 Å². The van der Waals surface area contributed by atoms with Crippen molar-refractivity contribution in [3.05, 3.63) is 35.4 Å². The first kappa shape index (κ1) is 9.19. The van der Waals surface area contributed by atoms with Gasteiger partial charge in [0, 0.05) is 6.42 Å². The highest BCUT2D eigenvalue weighted by atomic mass is 16.3. The van der Waals surface area contributed by atoms with Crippen LogP contribution in [0, 0.1) is 6.92 Å². The van der Waals surface area contributed by atoms with Crippen molar-refractivity contribution in [2.24, 2.45) is 11.5 Å². The normalized spacial score (nSPS) is 11.7. The maximum Gasteiger partial charge on any atom is 0.170 e. The van der Waals surface area contributed by atoms with Gasteiger partial charge in [0.15, 0.2) is 5.85 Å². The zero-order chi connectivity index (χ0) is 9.19. The van der Waals surface area contributed by atoms with Crippen LogP contribution >= 0.6 is 0 Å². The van der Waals surface area contributed by atoms with Gasteiger partial charge in [-0.2, -0.15) is 0 Å². The zero-order valence-corrected chi connectivity index (χ0v) is 7.12. The monoisotopic (exact) mass is 166 g/mol. The summed E-state index contributed by atoms with van der Waals surface area (Å²) in [6, 6.07) is 7.72. The number of rotatable bonds is 2. The fourth-order valence-corrected chi connectivity index (χ4v) is 1.03. The predicted molar refractivity (Wildman–Crippen MR) is 48.2 cm³/mol. The van der Waals surface area contributed by atoms with Crippen LogP contribution in [0.4, 0.5) is 0 Å². The Bertz CT molecular complexity index is 248. The Kier molecular flexibility index (Phi) is 2.47. The van der Waals surface area contributed by atoms with Gasteiger partial charge in [0.25, 0.3) is 0 Å². The largest absolute Gasteiger partial charge is 0.363 e. The van der Waals surface area contributed by atoms with E-state index in [1.54, 1.807) is 0 Å². The van der Waals surface area contributed by atoms with Gasteiger partial charge in [0.1, 0.15) is 0 Å². The molecule has 0 aliphatic carbocycles. The molecule has 5 N–H and O–H groups in total. The molecule has 0 radical (unpaired) electrons. The number of hydrogen-bond donors (Lipinski definition) is 3. The van der Waals surface area contributed by atoms with E-state index in [4.69, 9.17) is 16.6 Å². The number of aliphatic hydroxyl groups is 1. The van der Waals surface area contributed by atoms with Crippen molar-refractivity contribution in [1.82, 2.24) is 0 Å². The van der Waals surface area contributed by atoms with Crippen LogP contribution < -0.4 is 11.5 Å². The van der Waals surface area contributed by atoms with Gasteiger partial charge < -0.3 is 5.11 Å². The lowest BCUT2D eigenvalue weighted by molar-refractivity contribution is 0.0544. The van der Waals surface area contributed by atoms with Crippen molar-refractivity contribution >= 4 is 0 Å². The van der Waals surface area contributed by atoms with Gasteiger partial charge in [-0.3, -0.25) is 11.5 Å². The van der Waals surface area contributed by atoms with Gasteiger partial charge in [-0.15, -0.1) is 0 Å². The van der Waals surface area contributed by atoms with Crippen LogP contribution in [0.3, 0.4) is 0 Å². The lowest BCUT2D eigenvalue weighted by Gasteiger charge is -2.16. The minimum atomic E-state index is -1.60. The van der Waals surface area contributed by atoms with Crippen LogP contribution in [-0.4, -0.2) is 11.0 Å². The van der Waals surface area contributed by atoms with E-state index in [0.717, 1.165) is 5.56 Å². The summed E-state index contributed by atoms with van der Waals surface area (Å²) in [5.41, 5.74) is 12.6. The van der Waals surface area contributed by atoms with Gasteiger partial charge in [-0.25, -0.2) is 0 Å². The molecule has 3 nitrogen and oxygen atoms in total. The predicted octanol–water partition coefficient (Wildman–Crippen LogP) is 0.101. The molecule has 0 amide bonds. The second kappa shape index (κ2) is 3.23. The van der Waals surface area contributed by atoms with Crippen LogP contribution in [0.5, 0.6) is 0 Å². The van der Waals surface area contributed by atoms with E-state index in [0.29, 0.717) is 0 Å². The molecule has 0 unspecified atom stereocenters. The summed E-state index contributed by atoms with van der Waals surface area (Å²) in [4.78, 5) is 0. The molecule has 0 atom stereocenters. The zero-order valence-electron chi connectivity index (χ0n) is 7.12. The quantitative estimate of drug-likeness (QED) is 0.546. The topological polar surface area (TPSA) is 72.3 Å². The summed E-state index contributed by atoms with van der Waals surface area (Å²) in [5, 5.41) is 9.10. The minimum Gasteiger partial charge on any atom is -0.363 e. The first-order chi connectivity index (χ1) is 5.47. The van der Waals surface area contributed by atoms with Gasteiger partial charge in [0.05, 0.1) is 0 Å². The second-order valence-electron chi connectivity index (χ2n) is 3.15. The average molecular weight is 166 g/mol. The number of nitrogens with two attached hydrogens (primary N) is 2. The smallest absolute Gasteiger partial charge is 0.170 e. The molecule has 0 aromatic heterocycles. The third-order valence-electron chi connectivity index (χ3n) is 1.61. The van der Waals surface area contributed by atoms with Gasteiger partial charge >= 0.3 is 0 Å². The van der Waals surface area contributed by atoms with Crippen molar-refractivity contribution in [3.8, 4) is 0 Å². The highest BCUT2D eigenvalue weighted by Gasteiger charge is 2.13. The molecule has 3 heteroatoms. The lowest BCUT2D eigenvalue weighted by atomic mass is 10.1. The number of hydrogen-bond acceptors (Lipinski definition) is 3. The Labute approximate surface area is 72.0 Å². The van der Waals surface area contributed by atoms with Gasteiger partial charge in [-0.1, -0.05) is 29.8 Å². The molecule has 0 spiro atoms. The Balaban J connectivity index is 2.71. The molecule has 66 valence electrons. The van der Waals surface area contributed by atoms with Crippen LogP contribution in [0.2, 0.25) is 0 Å². The maximum absolute atomic E-state index is 9.10. The Morgan fingerprint density at radius 2 is 1.75 bits per heavy atom. The highest BCUT2D eigenvalue weighted by molar-refractivity contribution is 5.22. The molecule has 0 saturated heterocycles. The third-order valence-corrected chi connectivity index (χ3v) is 1.61. The Hall–Kier alpha value is -0.900. The second-order valence-corrected chi connectivity index (χ2v) is 3.15. The van der Waals surface area contributed by atoms with E-state index in [2.05, 4.69) is 0 Å². The van der Waals surface area contributed by atoms with E-state index in [-0.39, 0.29) is 6.42 Å². The van der Waals surface area contributed by atoms with Crippen molar-refractivity contribution in [1.29, 1.82) is 0 Å². The fraction of sp³-hybridized carbons (Fsp3) is 0.333. The third kappa shape index (κ3) is 3.00. The van der Waals surface area contributed by atoms with E-state index >= 15 is 0 Å². The van der Waals surface area contributed by atoms with E-state index in [9.17, 15) is 0 Å². The summed E-state index contributed by atoms with van der Waals surface area (Å²) in [6.45, 7) is 2.00. The minimum absolute atomic E-state index is 0.271. The molecule has 1 aromatic rings. The fourth-order valence-electron chi connectivity index (χ4n) is 1.03. The Morgan fingerprint density at radius 1 is 1.25 bits per heavy atom. The van der Waals surface area contributed by atoms with E-state index in [1.165, 1.54) is 5.56 Å². The molecular weight excluding hydrogens is 152 g/mol.